The molecule has 0 aliphatic heterocycles. The quantitative estimate of drug-likeness (QED) is 0.553. The van der Waals surface area contributed by atoms with Crippen LogP contribution in [-0.2, 0) is 15.9 Å². The van der Waals surface area contributed by atoms with Gasteiger partial charge in [0.05, 0.1) is 18.9 Å². The van der Waals surface area contributed by atoms with Gasteiger partial charge in [0, 0.05) is 13.0 Å². The fourth-order valence-corrected chi connectivity index (χ4v) is 1.52. The normalized spacial score (nSPS) is 10.9. The molecule has 1 aromatic heterocycles. The lowest BCUT2D eigenvalue weighted by Crippen LogP contribution is -2.07. The van der Waals surface area contributed by atoms with E-state index in [1.165, 1.54) is 0 Å². The predicted molar refractivity (Wildman–Crippen MR) is 66.7 cm³/mol. The summed E-state index contributed by atoms with van der Waals surface area (Å²) in [5.74, 6) is 0.416. The summed E-state index contributed by atoms with van der Waals surface area (Å²) < 4.78 is 15.7. The van der Waals surface area contributed by atoms with Gasteiger partial charge in [-0.15, -0.1) is 0 Å². The molecule has 0 bridgehead atoms. The molecule has 1 aromatic rings. The molecule has 1 rings (SSSR count). The van der Waals surface area contributed by atoms with Gasteiger partial charge in [0.2, 0.25) is 5.76 Å². The van der Waals surface area contributed by atoms with Gasteiger partial charge in [-0.25, -0.2) is 9.78 Å². The molecule has 0 aliphatic carbocycles. The van der Waals surface area contributed by atoms with E-state index in [4.69, 9.17) is 13.9 Å². The average Bonchev–Trinajstić information content (AvgIpc) is 2.74. The van der Waals surface area contributed by atoms with Crippen LogP contribution < -0.4 is 0 Å². The highest BCUT2D eigenvalue weighted by Gasteiger charge is 2.23. The van der Waals surface area contributed by atoms with Crippen molar-refractivity contribution in [2.24, 2.45) is 0 Å². The Hall–Kier alpha value is -1.36. The van der Waals surface area contributed by atoms with Crippen molar-refractivity contribution < 1.29 is 18.7 Å². The molecule has 102 valence electrons. The second-order valence-electron chi connectivity index (χ2n) is 4.14. The van der Waals surface area contributed by atoms with Gasteiger partial charge in [0.15, 0.2) is 5.89 Å². The monoisotopic (exact) mass is 255 g/mol. The number of carbonyl (C=O) groups excluding carboxylic acids is 1. The van der Waals surface area contributed by atoms with Crippen LogP contribution in [0, 0.1) is 0 Å². The smallest absolute Gasteiger partial charge is 0.376 e. The summed E-state index contributed by atoms with van der Waals surface area (Å²) in [6.45, 7) is 9.14. The van der Waals surface area contributed by atoms with Gasteiger partial charge in [0.25, 0.3) is 0 Å². The molecule has 5 heteroatoms. The molecule has 0 amide bonds. The maximum Gasteiger partial charge on any atom is 0.376 e. The summed E-state index contributed by atoms with van der Waals surface area (Å²) in [5.41, 5.74) is 0.653. The Kier molecular flexibility index (Phi) is 5.85. The Labute approximate surface area is 107 Å². The molecule has 0 aliphatic rings. The predicted octanol–water partition coefficient (Wildman–Crippen LogP) is 2.55. The number of esters is 1. The lowest BCUT2D eigenvalue weighted by Gasteiger charge is -2.02. The van der Waals surface area contributed by atoms with Gasteiger partial charge in [-0.3, -0.25) is 0 Å². The zero-order valence-corrected chi connectivity index (χ0v) is 11.5. The number of oxazole rings is 1. The first-order chi connectivity index (χ1) is 8.60. The molecule has 0 unspecified atom stereocenters. The largest absolute Gasteiger partial charge is 0.460 e. The first kappa shape index (κ1) is 14.7. The maximum atomic E-state index is 11.7. The third-order valence-electron chi connectivity index (χ3n) is 2.37. The van der Waals surface area contributed by atoms with Crippen molar-refractivity contribution in [3.8, 4) is 0 Å². The van der Waals surface area contributed by atoms with E-state index in [0.29, 0.717) is 37.8 Å². The number of hydrogen-bond acceptors (Lipinski definition) is 5. The van der Waals surface area contributed by atoms with Crippen molar-refractivity contribution in [2.45, 2.75) is 40.0 Å². The van der Waals surface area contributed by atoms with E-state index < -0.39 is 5.97 Å². The molecule has 0 aromatic carbocycles. The van der Waals surface area contributed by atoms with E-state index in [-0.39, 0.29) is 11.7 Å². The van der Waals surface area contributed by atoms with Crippen LogP contribution >= 0.6 is 0 Å². The van der Waals surface area contributed by atoms with E-state index >= 15 is 0 Å². The van der Waals surface area contributed by atoms with Gasteiger partial charge in [-0.2, -0.15) is 0 Å². The van der Waals surface area contributed by atoms with Crippen molar-refractivity contribution in [1.82, 2.24) is 4.98 Å². The molecule has 0 saturated carbocycles. The third kappa shape index (κ3) is 3.84. The Morgan fingerprint density at radius 2 is 2.06 bits per heavy atom. The lowest BCUT2D eigenvalue weighted by atomic mass is 10.1. The molecular formula is C13H21NO4. The summed E-state index contributed by atoms with van der Waals surface area (Å²) >= 11 is 0. The van der Waals surface area contributed by atoms with Crippen molar-refractivity contribution in [3.63, 3.8) is 0 Å². The molecule has 1 heterocycles. The molecule has 0 saturated heterocycles. The zero-order valence-electron chi connectivity index (χ0n) is 11.5. The topological polar surface area (TPSA) is 61.6 Å². The van der Waals surface area contributed by atoms with Crippen LogP contribution in [0.2, 0.25) is 0 Å². The second kappa shape index (κ2) is 7.16. The van der Waals surface area contributed by atoms with Gasteiger partial charge in [0.1, 0.15) is 0 Å². The van der Waals surface area contributed by atoms with Crippen LogP contribution in [0.25, 0.3) is 0 Å². The van der Waals surface area contributed by atoms with Crippen LogP contribution in [0.15, 0.2) is 4.42 Å². The Morgan fingerprint density at radius 3 is 2.61 bits per heavy atom. The fraction of sp³-hybridized carbons (Fsp3) is 0.692. The summed E-state index contributed by atoms with van der Waals surface area (Å²) in [6.07, 6.45) is 0.562. The number of rotatable bonds is 7. The molecule has 0 N–H and O–H groups in total. The van der Waals surface area contributed by atoms with Crippen molar-refractivity contribution in [3.05, 3.63) is 17.3 Å². The van der Waals surface area contributed by atoms with Crippen LogP contribution in [-0.4, -0.2) is 30.8 Å². The highest BCUT2D eigenvalue weighted by Crippen LogP contribution is 2.21. The molecule has 0 radical (unpaired) electrons. The highest BCUT2D eigenvalue weighted by atomic mass is 16.5. The Balaban J connectivity index is 2.83. The lowest BCUT2D eigenvalue weighted by molar-refractivity contribution is 0.0484. The molecule has 18 heavy (non-hydrogen) atoms. The number of carbonyl (C=O) groups is 1. The van der Waals surface area contributed by atoms with Crippen LogP contribution in [0.4, 0.5) is 0 Å². The number of nitrogens with zero attached hydrogens (tertiary/aromatic N) is 1. The third-order valence-corrected chi connectivity index (χ3v) is 2.37. The van der Waals surface area contributed by atoms with Gasteiger partial charge in [-0.05, 0) is 19.8 Å². The Morgan fingerprint density at radius 1 is 1.33 bits per heavy atom. The first-order valence-electron chi connectivity index (χ1n) is 6.34. The van der Waals surface area contributed by atoms with Crippen LogP contribution in [0.5, 0.6) is 0 Å². The van der Waals surface area contributed by atoms with E-state index in [1.807, 2.05) is 20.8 Å². The standard InChI is InChI=1S/C13H21NO4/c1-5-16-8-7-10-14-11(9(3)4)12(18-10)13(15)17-6-2/h9H,5-8H2,1-4H3. The molecule has 0 fully saturated rings. The Bertz CT molecular complexity index is 384. The summed E-state index contributed by atoms with van der Waals surface area (Å²) in [6, 6.07) is 0. The molecule has 0 atom stereocenters. The first-order valence-corrected chi connectivity index (χ1v) is 6.34. The SMILES string of the molecule is CCOCCc1nc(C(C)C)c(C(=O)OCC)o1. The van der Waals surface area contributed by atoms with E-state index in [0.717, 1.165) is 0 Å². The van der Waals surface area contributed by atoms with Gasteiger partial charge in [-0.1, -0.05) is 13.8 Å². The minimum Gasteiger partial charge on any atom is -0.460 e. The van der Waals surface area contributed by atoms with E-state index in [2.05, 4.69) is 4.98 Å². The molecule has 0 spiro atoms. The number of hydrogen-bond donors (Lipinski definition) is 0. The van der Waals surface area contributed by atoms with Crippen LogP contribution in [0.3, 0.4) is 0 Å². The number of ether oxygens (including phenoxy) is 2. The maximum absolute atomic E-state index is 11.7. The van der Waals surface area contributed by atoms with Crippen molar-refractivity contribution in [2.75, 3.05) is 19.8 Å². The van der Waals surface area contributed by atoms with E-state index in [9.17, 15) is 4.79 Å². The zero-order chi connectivity index (χ0) is 13.5. The number of aromatic nitrogens is 1. The van der Waals surface area contributed by atoms with Crippen molar-refractivity contribution in [1.29, 1.82) is 0 Å². The summed E-state index contributed by atoms with van der Waals surface area (Å²) in [4.78, 5) is 16.1. The molecular weight excluding hydrogens is 234 g/mol. The minimum absolute atomic E-state index is 0.119. The minimum atomic E-state index is -0.448. The van der Waals surface area contributed by atoms with E-state index in [1.54, 1.807) is 6.92 Å². The summed E-state index contributed by atoms with van der Waals surface area (Å²) in [7, 11) is 0. The van der Waals surface area contributed by atoms with Gasteiger partial charge >= 0.3 is 5.97 Å². The van der Waals surface area contributed by atoms with Crippen molar-refractivity contribution >= 4 is 5.97 Å². The van der Waals surface area contributed by atoms with Crippen LogP contribution in [0.1, 0.15) is 55.8 Å². The average molecular weight is 255 g/mol. The summed E-state index contributed by atoms with van der Waals surface area (Å²) in [5, 5.41) is 0. The second-order valence-corrected chi connectivity index (χ2v) is 4.14. The van der Waals surface area contributed by atoms with Gasteiger partial charge < -0.3 is 13.9 Å². The fourth-order valence-electron chi connectivity index (χ4n) is 1.52. The molecule has 5 nitrogen and oxygen atoms in total. The highest BCUT2D eigenvalue weighted by molar-refractivity contribution is 5.87.